The van der Waals surface area contributed by atoms with Crippen molar-refractivity contribution in [3.05, 3.63) is 53.6 Å². The van der Waals surface area contributed by atoms with Gasteiger partial charge in [-0.25, -0.2) is 0 Å². The maximum atomic E-state index is 13.0. The number of nitrogens with one attached hydrogen (secondary N) is 1. The smallest absolute Gasteiger partial charge is 0.262 e. The van der Waals surface area contributed by atoms with Crippen LogP contribution in [0.15, 0.2) is 42.5 Å². The van der Waals surface area contributed by atoms with Crippen molar-refractivity contribution in [3.8, 4) is 17.6 Å². The van der Waals surface area contributed by atoms with Crippen LogP contribution in [0.25, 0.3) is 0 Å². The molecule has 0 radical (unpaired) electrons. The highest BCUT2D eigenvalue weighted by Gasteiger charge is 2.27. The van der Waals surface area contributed by atoms with Crippen molar-refractivity contribution >= 4 is 11.6 Å². The molecule has 0 spiro atoms. The average molecular weight is 321 g/mol. The van der Waals surface area contributed by atoms with Gasteiger partial charge in [0, 0.05) is 25.2 Å². The average Bonchev–Trinajstić information content (AvgIpc) is 2.69. The number of hydrogen-bond donors (Lipinski definition) is 1. The third-order valence-electron chi connectivity index (χ3n) is 3.85. The highest BCUT2D eigenvalue weighted by Crippen LogP contribution is 2.39. The van der Waals surface area contributed by atoms with Gasteiger partial charge in [-0.3, -0.25) is 4.79 Å². The van der Waals surface area contributed by atoms with Gasteiger partial charge in [0.05, 0.1) is 22.9 Å². The van der Waals surface area contributed by atoms with E-state index in [0.29, 0.717) is 47.4 Å². The number of carbonyl (C=O) groups is 1. The molecule has 0 bridgehead atoms. The summed E-state index contributed by atoms with van der Waals surface area (Å²) in [7, 11) is 0. The van der Waals surface area contributed by atoms with Crippen molar-refractivity contribution in [1.29, 1.82) is 5.26 Å². The Bertz CT molecular complexity index is 808. The van der Waals surface area contributed by atoms with Crippen molar-refractivity contribution in [2.24, 2.45) is 0 Å². The van der Waals surface area contributed by atoms with Crippen LogP contribution in [0.2, 0.25) is 0 Å². The topological polar surface area (TPSA) is 65.4 Å². The predicted octanol–water partition coefficient (Wildman–Crippen LogP) is 3.31. The number of benzene rings is 2. The molecule has 3 rings (SSSR count). The first-order valence-corrected chi connectivity index (χ1v) is 7.96. The van der Waals surface area contributed by atoms with Gasteiger partial charge in [0.15, 0.2) is 5.75 Å². The van der Waals surface area contributed by atoms with Crippen molar-refractivity contribution in [2.75, 3.05) is 18.0 Å². The standard InChI is InChI=1S/C19H19N3O2/c1-13(2)21-9-10-22-16-8-7-14(12-20)11-18(16)24-17-6-4-3-5-15(17)19(22)23/h3-8,11,13,21H,9-10H2,1-2H3. The Labute approximate surface area is 141 Å². The normalized spacial score (nSPS) is 12.9. The quantitative estimate of drug-likeness (QED) is 0.938. The van der Waals surface area contributed by atoms with Crippen LogP contribution < -0.4 is 15.0 Å². The molecule has 122 valence electrons. The van der Waals surface area contributed by atoms with E-state index in [2.05, 4.69) is 25.2 Å². The largest absolute Gasteiger partial charge is 0.454 e. The van der Waals surface area contributed by atoms with Crippen LogP contribution in [-0.4, -0.2) is 25.0 Å². The Morgan fingerprint density at radius 2 is 2.00 bits per heavy atom. The molecule has 0 saturated carbocycles. The van der Waals surface area contributed by atoms with Crippen LogP contribution in [0.1, 0.15) is 29.8 Å². The van der Waals surface area contributed by atoms with E-state index in [4.69, 9.17) is 10.00 Å². The Hall–Kier alpha value is -2.84. The zero-order valence-electron chi connectivity index (χ0n) is 13.7. The molecule has 5 nitrogen and oxygen atoms in total. The van der Waals surface area contributed by atoms with Crippen molar-refractivity contribution in [3.63, 3.8) is 0 Å². The minimum Gasteiger partial charge on any atom is -0.454 e. The van der Waals surface area contributed by atoms with Gasteiger partial charge in [0.2, 0.25) is 0 Å². The summed E-state index contributed by atoms with van der Waals surface area (Å²) in [6.07, 6.45) is 0. The van der Waals surface area contributed by atoms with Gasteiger partial charge in [-0.2, -0.15) is 5.26 Å². The third-order valence-corrected chi connectivity index (χ3v) is 3.85. The predicted molar refractivity (Wildman–Crippen MR) is 92.5 cm³/mol. The number of ether oxygens (including phenoxy) is 1. The number of para-hydroxylation sites is 1. The molecule has 0 unspecified atom stereocenters. The lowest BCUT2D eigenvalue weighted by atomic mass is 10.1. The SMILES string of the molecule is CC(C)NCCN1C(=O)c2ccccc2Oc2cc(C#N)ccc21. The number of rotatable bonds is 4. The van der Waals surface area contributed by atoms with Gasteiger partial charge in [-0.15, -0.1) is 0 Å². The van der Waals surface area contributed by atoms with E-state index in [1.54, 1.807) is 35.2 Å². The highest BCUT2D eigenvalue weighted by atomic mass is 16.5. The Kier molecular flexibility index (Phi) is 4.50. The molecule has 1 N–H and O–H groups in total. The minimum atomic E-state index is -0.0976. The van der Waals surface area contributed by atoms with Gasteiger partial charge in [0.25, 0.3) is 5.91 Å². The lowest BCUT2D eigenvalue weighted by molar-refractivity contribution is 0.0987. The minimum absolute atomic E-state index is 0.0976. The maximum absolute atomic E-state index is 13.0. The molecular formula is C19H19N3O2. The fourth-order valence-corrected chi connectivity index (χ4v) is 2.68. The first kappa shape index (κ1) is 16.0. The molecule has 2 aromatic rings. The first-order valence-electron chi connectivity index (χ1n) is 7.96. The van der Waals surface area contributed by atoms with Gasteiger partial charge >= 0.3 is 0 Å². The Morgan fingerprint density at radius 3 is 2.75 bits per heavy atom. The summed E-state index contributed by atoms with van der Waals surface area (Å²) < 4.78 is 5.94. The summed E-state index contributed by atoms with van der Waals surface area (Å²) in [4.78, 5) is 14.7. The molecule has 0 saturated heterocycles. The summed E-state index contributed by atoms with van der Waals surface area (Å²) in [6.45, 7) is 5.32. The zero-order chi connectivity index (χ0) is 17.1. The van der Waals surface area contributed by atoms with E-state index in [-0.39, 0.29) is 5.91 Å². The van der Waals surface area contributed by atoms with Crippen LogP contribution in [0.3, 0.4) is 0 Å². The summed E-state index contributed by atoms with van der Waals surface area (Å²) in [5.74, 6) is 0.940. The van der Waals surface area contributed by atoms with E-state index < -0.39 is 0 Å². The fraction of sp³-hybridized carbons (Fsp3) is 0.263. The molecule has 0 aliphatic carbocycles. The molecule has 1 heterocycles. The summed E-state index contributed by atoms with van der Waals surface area (Å²) in [5.41, 5.74) is 1.71. The molecule has 24 heavy (non-hydrogen) atoms. The summed E-state index contributed by atoms with van der Waals surface area (Å²) in [5, 5.41) is 12.5. The maximum Gasteiger partial charge on any atom is 0.262 e. The second kappa shape index (κ2) is 6.73. The molecule has 5 heteroatoms. The second-order valence-corrected chi connectivity index (χ2v) is 5.96. The molecule has 1 aliphatic heterocycles. The van der Waals surface area contributed by atoms with E-state index in [1.165, 1.54) is 0 Å². The second-order valence-electron chi connectivity index (χ2n) is 5.96. The molecule has 0 aromatic heterocycles. The molecular weight excluding hydrogens is 302 g/mol. The van der Waals surface area contributed by atoms with E-state index in [9.17, 15) is 4.79 Å². The Balaban J connectivity index is 2.03. The van der Waals surface area contributed by atoms with Crippen LogP contribution in [0.4, 0.5) is 5.69 Å². The number of amides is 1. The molecule has 0 atom stereocenters. The number of anilines is 1. The van der Waals surface area contributed by atoms with Crippen LogP contribution in [0.5, 0.6) is 11.5 Å². The van der Waals surface area contributed by atoms with E-state index in [0.717, 1.165) is 0 Å². The van der Waals surface area contributed by atoms with E-state index in [1.807, 2.05) is 12.1 Å². The third kappa shape index (κ3) is 3.10. The van der Waals surface area contributed by atoms with Crippen LogP contribution in [0, 0.1) is 11.3 Å². The number of nitrogens with zero attached hydrogens (tertiary/aromatic N) is 2. The van der Waals surface area contributed by atoms with Crippen molar-refractivity contribution in [1.82, 2.24) is 5.32 Å². The molecule has 1 amide bonds. The van der Waals surface area contributed by atoms with Gasteiger partial charge in [-0.05, 0) is 24.3 Å². The number of fused-ring (bicyclic) bond motifs is 2. The van der Waals surface area contributed by atoms with Gasteiger partial charge in [-0.1, -0.05) is 26.0 Å². The van der Waals surface area contributed by atoms with Crippen LogP contribution >= 0.6 is 0 Å². The molecule has 1 aliphatic rings. The lowest BCUT2D eigenvalue weighted by Gasteiger charge is -2.23. The summed E-state index contributed by atoms with van der Waals surface area (Å²) in [6, 6.07) is 14.8. The van der Waals surface area contributed by atoms with Gasteiger partial charge in [0.1, 0.15) is 5.75 Å². The number of carbonyl (C=O) groups excluding carboxylic acids is 1. The first-order chi connectivity index (χ1) is 11.6. The van der Waals surface area contributed by atoms with E-state index >= 15 is 0 Å². The number of hydrogen-bond acceptors (Lipinski definition) is 4. The highest BCUT2D eigenvalue weighted by molar-refractivity contribution is 6.09. The van der Waals surface area contributed by atoms with Crippen LogP contribution in [-0.2, 0) is 0 Å². The van der Waals surface area contributed by atoms with Crippen molar-refractivity contribution < 1.29 is 9.53 Å². The monoisotopic (exact) mass is 321 g/mol. The van der Waals surface area contributed by atoms with Crippen molar-refractivity contribution in [2.45, 2.75) is 19.9 Å². The van der Waals surface area contributed by atoms with Gasteiger partial charge < -0.3 is 15.0 Å². The lowest BCUT2D eigenvalue weighted by Crippen LogP contribution is -2.38. The number of nitriles is 1. The fourth-order valence-electron chi connectivity index (χ4n) is 2.68. The Morgan fingerprint density at radius 1 is 1.21 bits per heavy atom. The molecule has 2 aromatic carbocycles. The summed E-state index contributed by atoms with van der Waals surface area (Å²) >= 11 is 0. The zero-order valence-corrected chi connectivity index (χ0v) is 13.7. The molecule has 0 fully saturated rings.